The van der Waals surface area contributed by atoms with Gasteiger partial charge in [-0.05, 0) is 205 Å². The largest absolute Gasteiger partial charge is 0.396 e. The Morgan fingerprint density at radius 2 is 0.559 bits per heavy atom. The third kappa shape index (κ3) is 25.2. The molecular formula is C100H142N20O16. The van der Waals surface area contributed by atoms with Crippen LogP contribution in [0.2, 0.25) is 0 Å². The lowest BCUT2D eigenvalue weighted by atomic mass is 10.1. The highest BCUT2D eigenvalue weighted by Gasteiger charge is 2.47. The van der Waals surface area contributed by atoms with Crippen LogP contribution >= 0.6 is 0 Å². The maximum absolute atomic E-state index is 12.3. The Bertz CT molecular complexity index is 4880. The van der Waals surface area contributed by atoms with Crippen molar-refractivity contribution < 1.29 is 75.4 Å². The van der Waals surface area contributed by atoms with Crippen molar-refractivity contribution in [2.24, 2.45) is 35.5 Å². The summed E-state index contributed by atoms with van der Waals surface area (Å²) >= 11 is 0. The van der Waals surface area contributed by atoms with Crippen LogP contribution in [0.4, 0.5) is 0 Å². The van der Waals surface area contributed by atoms with E-state index in [0.29, 0.717) is 142 Å². The van der Waals surface area contributed by atoms with Gasteiger partial charge in [-0.3, -0.25) is 58.1 Å². The van der Waals surface area contributed by atoms with Crippen LogP contribution < -0.4 is 37.2 Å². The highest BCUT2D eigenvalue weighted by molar-refractivity contribution is 5.95. The summed E-state index contributed by atoms with van der Waals surface area (Å²) in [5.74, 6) is 11.1. The van der Waals surface area contributed by atoms with Crippen LogP contribution in [0.15, 0.2) is 74.1 Å². The minimum absolute atomic E-state index is 0.00387. The molecule has 12 saturated carbocycles. The number of aliphatic hydroxyl groups excluding tert-OH is 2. The van der Waals surface area contributed by atoms with Gasteiger partial charge in [0.25, 0.3) is 41.4 Å². The fraction of sp³-hybridized carbons (Fsp3) is 0.720. The van der Waals surface area contributed by atoms with Crippen molar-refractivity contribution in [3.05, 3.63) is 123 Å². The second-order valence-corrected chi connectivity index (χ2v) is 43.6. The number of likely N-dealkylation sites (tertiary alicyclic amines) is 6. The number of carbonyl (C=O) groups excluding carboxylic acids is 7. The van der Waals surface area contributed by atoms with E-state index in [9.17, 15) is 43.8 Å². The molecule has 18 aliphatic rings. The summed E-state index contributed by atoms with van der Waals surface area (Å²) in [6.07, 6.45) is 29.3. The average molecular weight is 1880 g/mol. The highest BCUT2D eigenvalue weighted by Crippen LogP contribution is 2.47. The van der Waals surface area contributed by atoms with Crippen molar-refractivity contribution in [1.82, 2.24) is 103 Å². The number of hydrogen-bond donors (Lipinski definition) is 9. The number of hydrogen-bond acceptors (Lipinski definition) is 29. The molecule has 0 spiro atoms. The van der Waals surface area contributed by atoms with Gasteiger partial charge < -0.3 is 84.0 Å². The third-order valence-electron chi connectivity index (χ3n) is 31.0. The van der Waals surface area contributed by atoms with Crippen LogP contribution in [0.5, 0.6) is 0 Å². The van der Waals surface area contributed by atoms with Crippen LogP contribution in [-0.4, -0.2) is 288 Å². The van der Waals surface area contributed by atoms with E-state index >= 15 is 0 Å². The van der Waals surface area contributed by atoms with E-state index in [0.717, 1.165) is 221 Å². The lowest BCUT2D eigenvalue weighted by Gasteiger charge is -2.20. The van der Waals surface area contributed by atoms with E-state index in [1.165, 1.54) is 64.2 Å². The molecule has 7 amide bonds. The zero-order valence-electron chi connectivity index (χ0n) is 80.3. The quantitative estimate of drug-likeness (QED) is 0.0231. The maximum atomic E-state index is 12.3. The molecule has 738 valence electrons. The van der Waals surface area contributed by atoms with Crippen LogP contribution in [0.3, 0.4) is 0 Å². The lowest BCUT2D eigenvalue weighted by Crippen LogP contribution is -2.43. The lowest BCUT2D eigenvalue weighted by molar-refractivity contribution is 0.0875. The zero-order chi connectivity index (χ0) is 94.3. The van der Waals surface area contributed by atoms with Crippen LogP contribution in [0, 0.1) is 35.5 Å². The molecule has 14 atom stereocenters. The van der Waals surface area contributed by atoms with Gasteiger partial charge in [0.1, 0.15) is 40.3 Å². The first-order chi connectivity index (χ1) is 65.8. The minimum atomic E-state index is -0.491. The zero-order valence-corrected chi connectivity index (χ0v) is 80.3. The number of aliphatic hydroxyl groups is 2. The van der Waals surface area contributed by atoms with Gasteiger partial charge in [-0.1, -0.05) is 77.1 Å². The van der Waals surface area contributed by atoms with Crippen molar-refractivity contribution in [1.29, 1.82) is 0 Å². The standard InChI is InChI=1S/C15H21N3O3.2C15H21N3O2.C15H23N3O2.C14H19N3O3.C13H19N3O2.C13H18N2O2/c19-8-10-6-18(11-3-4-11)7-13(10)16-15(20)12-5-14(21-17-12)9-1-2-9;2*1-9-7-18(11-4-5-11)8-13(9)16-15(19)12-6-14(20-17-12)10-2-3-10;1-9(2)18-7-10(3)13(8-18)16-15(19)12-6-14(20-17-12)11-4-5-11;18-12-7-17(9-3-4-9)6-11(12)15-14(19)10-5-13(20-16-10)8-1-2-8;1-8-6-16(2)7-11(8)14-13(17)10-5-12(18-15-10)9-3-4-9;1-8-3-2-4-10(8)14-13(16)11-7-12(17-15-11)9-5-6-9/h5,9-11,13,19H,1-4,6-8H2,(H,16,20);2*6,9-11,13H,2-5,7-8H2,1H3,(H,16,19);6,9-11,13H,4-5,7-8H2,1-3H3,(H,16,19);5,8-9,11-12,18H,1-4,6-7H2,(H,15,19);5,8-9,11H,3-4,6-7H2,1-2H3,(H,14,17);7-10H,2-6H2,1H3,(H,14,16)/t10-,13-;9-,13+;9-,13-;10-,13-;11-,12-;8-,11+;8-,10-/m0010101/s1. The first kappa shape index (κ1) is 95.4. The monoisotopic (exact) mass is 1880 g/mol. The summed E-state index contributed by atoms with van der Waals surface area (Å²) in [5, 5.41) is 68.0. The molecule has 7 aromatic rings. The number of β-amino-alcohol motifs (C(OH)–C–C–N with tert-alkyl or cyclic N) is 1. The van der Waals surface area contributed by atoms with Gasteiger partial charge in [-0.2, -0.15) is 0 Å². The number of amides is 7. The molecule has 18 fully saturated rings. The number of nitrogens with zero attached hydrogens (tertiary/aromatic N) is 13. The van der Waals surface area contributed by atoms with Crippen LogP contribution in [0.25, 0.3) is 0 Å². The molecule has 0 unspecified atom stereocenters. The molecule has 0 aromatic carbocycles. The molecule has 0 radical (unpaired) electrons. The summed E-state index contributed by atoms with van der Waals surface area (Å²) in [4.78, 5) is 99.4. The fourth-order valence-corrected chi connectivity index (χ4v) is 20.3. The molecular weight excluding hydrogens is 1740 g/mol. The molecule has 36 heteroatoms. The van der Waals surface area contributed by atoms with E-state index < -0.39 is 6.10 Å². The predicted octanol–water partition coefficient (Wildman–Crippen LogP) is 10.5. The minimum Gasteiger partial charge on any atom is -0.396 e. The Labute approximate surface area is 794 Å². The topological polar surface area (TPSA) is 446 Å². The molecule has 7 aromatic heterocycles. The normalized spacial score (nSPS) is 29.4. The van der Waals surface area contributed by atoms with E-state index in [2.05, 4.69) is 158 Å². The predicted molar refractivity (Wildman–Crippen MR) is 497 cm³/mol. The number of aromatic nitrogens is 7. The van der Waals surface area contributed by atoms with Crippen molar-refractivity contribution in [3.63, 3.8) is 0 Å². The molecule has 6 saturated heterocycles. The number of carbonyl (C=O) groups is 7. The number of rotatable bonds is 27. The molecule has 13 heterocycles. The Morgan fingerprint density at radius 3 is 0.831 bits per heavy atom. The first-order valence-electron chi connectivity index (χ1n) is 51.4. The van der Waals surface area contributed by atoms with Crippen molar-refractivity contribution >= 4 is 41.4 Å². The molecule has 36 nitrogen and oxygen atoms in total. The molecule has 6 aliphatic heterocycles. The van der Waals surface area contributed by atoms with Crippen LogP contribution in [-0.2, 0) is 0 Å². The summed E-state index contributed by atoms with van der Waals surface area (Å²) < 4.78 is 36.5. The SMILES string of the molecule is CC(C)N1C[C@H](NC(=O)c2cc(C3CC3)on2)[C@@H](C)C1.C[C@@H]1CCC[C@H]1NC(=O)c1cc(C2CC2)on1.C[C@@H]1CN(C2CC2)C[C@H]1NC(=O)c1cc(C2CC2)on1.C[C@H]1CN(C)C[C@H]1NC(=O)c1cc(C2CC2)on1.C[C@H]1CN(C2CC2)C[C@H]1NC(=O)c1cc(C2CC2)on1.O=C(N[C@@H]1CN(C2CC2)C[C@H]1O)c1cc(C2CC2)on1.O=C(N[C@H]1CN(C2CC2)C[C@H]1CO)c1cc(C2CC2)on1. The number of nitrogens with one attached hydrogen (secondary N) is 7. The van der Waals surface area contributed by atoms with Crippen LogP contribution in [0.1, 0.15) is 364 Å². The second kappa shape index (κ2) is 41.9. The van der Waals surface area contributed by atoms with Crippen molar-refractivity contribution in [2.45, 2.75) is 329 Å². The molecule has 0 bridgehead atoms. The molecule has 12 aliphatic carbocycles. The van der Waals surface area contributed by atoms with E-state index in [1.807, 2.05) is 12.1 Å². The molecule has 25 rings (SSSR count). The van der Waals surface area contributed by atoms with E-state index in [1.54, 1.807) is 30.3 Å². The van der Waals surface area contributed by atoms with E-state index in [4.69, 9.17) is 31.7 Å². The van der Waals surface area contributed by atoms with E-state index in [-0.39, 0.29) is 90.1 Å². The Morgan fingerprint density at radius 1 is 0.301 bits per heavy atom. The number of likely N-dealkylation sites (N-methyl/N-ethyl adjacent to an activating group) is 1. The van der Waals surface area contributed by atoms with Gasteiger partial charge in [-0.15, -0.1) is 0 Å². The first-order valence-corrected chi connectivity index (χ1v) is 51.4. The average Bonchev–Trinajstić information content (AvgIpc) is 1.66. The molecule has 136 heavy (non-hydrogen) atoms. The summed E-state index contributed by atoms with van der Waals surface area (Å²) in [7, 11) is 2.07. The van der Waals surface area contributed by atoms with Gasteiger partial charge in [0, 0.05) is 241 Å². The Kier molecular flexibility index (Phi) is 29.3. The Balaban J connectivity index is 0.000000102. The van der Waals surface area contributed by atoms with Gasteiger partial charge >= 0.3 is 0 Å². The summed E-state index contributed by atoms with van der Waals surface area (Å²) in [6, 6.07) is 16.8. The van der Waals surface area contributed by atoms with Gasteiger partial charge in [0.05, 0.1) is 12.1 Å². The molecule has 9 N–H and O–H groups in total. The van der Waals surface area contributed by atoms with Gasteiger partial charge in [0.2, 0.25) is 0 Å². The second-order valence-electron chi connectivity index (χ2n) is 43.6. The van der Waals surface area contributed by atoms with Gasteiger partial charge in [0.15, 0.2) is 39.9 Å². The summed E-state index contributed by atoms with van der Waals surface area (Å²) in [5.41, 5.74) is 2.82. The van der Waals surface area contributed by atoms with Crippen molar-refractivity contribution in [3.8, 4) is 0 Å². The Hall–Kier alpha value is -9.56. The highest BCUT2D eigenvalue weighted by atomic mass is 16.5. The van der Waals surface area contributed by atoms with Gasteiger partial charge in [-0.25, -0.2) is 0 Å². The maximum Gasteiger partial charge on any atom is 0.273 e. The third-order valence-corrected chi connectivity index (χ3v) is 31.0. The summed E-state index contributed by atoms with van der Waals surface area (Å²) in [6.45, 7) is 26.6. The smallest absolute Gasteiger partial charge is 0.273 e. The van der Waals surface area contributed by atoms with Crippen molar-refractivity contribution in [2.75, 3.05) is 92.2 Å². The fourth-order valence-electron chi connectivity index (χ4n) is 20.3.